The standard InChI is InChI=1S/C46H45BN2O3/c1-44(2,3)31-13-10-28(11-14-31)29-18-20-48-37(23-29)30-12-16-38-35(22-30)47-36-27-34(50-42-26-32(19-21-49-42)45(4,5)6)15-17-39(36)52-41-25-33(46(7,8)9)24-40(51-38)43(41)47/h10-27H,1-9H3. The number of hydrogen-bond donors (Lipinski definition) is 0. The molecule has 0 saturated carbocycles. The minimum atomic E-state index is -0.142. The fraction of sp³-hybridized carbons (Fsp3) is 0.261. The fourth-order valence-corrected chi connectivity index (χ4v) is 7.12. The zero-order valence-corrected chi connectivity index (χ0v) is 31.6. The van der Waals surface area contributed by atoms with Gasteiger partial charge in [0.15, 0.2) is 0 Å². The van der Waals surface area contributed by atoms with E-state index in [-0.39, 0.29) is 23.0 Å². The van der Waals surface area contributed by atoms with Crippen LogP contribution in [-0.2, 0) is 16.2 Å². The van der Waals surface area contributed by atoms with Crippen LogP contribution in [0.3, 0.4) is 0 Å². The second-order valence-electron chi connectivity index (χ2n) is 17.2. The normalized spacial score (nSPS) is 13.4. The summed E-state index contributed by atoms with van der Waals surface area (Å²) in [5, 5.41) is 0. The molecule has 5 nitrogen and oxygen atoms in total. The van der Waals surface area contributed by atoms with Crippen molar-refractivity contribution in [2.45, 2.75) is 78.6 Å². The van der Waals surface area contributed by atoms with E-state index in [1.807, 2.05) is 36.7 Å². The van der Waals surface area contributed by atoms with Gasteiger partial charge in [-0.1, -0.05) is 92.6 Å². The molecule has 0 spiro atoms. The van der Waals surface area contributed by atoms with Crippen molar-refractivity contribution < 1.29 is 14.2 Å². The summed E-state index contributed by atoms with van der Waals surface area (Å²) in [5.74, 6) is 4.54. The third kappa shape index (κ3) is 6.25. The zero-order valence-electron chi connectivity index (χ0n) is 31.6. The van der Waals surface area contributed by atoms with E-state index in [1.165, 1.54) is 11.1 Å². The number of fused-ring (bicyclic) bond motifs is 4. The third-order valence-electron chi connectivity index (χ3n) is 10.3. The third-order valence-corrected chi connectivity index (χ3v) is 10.3. The van der Waals surface area contributed by atoms with Crippen LogP contribution >= 0.6 is 0 Å². The monoisotopic (exact) mass is 684 g/mol. The van der Waals surface area contributed by atoms with Gasteiger partial charge in [-0.25, -0.2) is 4.98 Å². The van der Waals surface area contributed by atoms with Gasteiger partial charge in [0.1, 0.15) is 28.7 Å². The van der Waals surface area contributed by atoms with E-state index in [0.717, 1.165) is 67.3 Å². The Morgan fingerprint density at radius 2 is 1.08 bits per heavy atom. The maximum atomic E-state index is 6.73. The van der Waals surface area contributed by atoms with Gasteiger partial charge in [-0.15, -0.1) is 0 Å². The van der Waals surface area contributed by atoms with Crippen molar-refractivity contribution >= 4 is 23.1 Å². The summed E-state index contributed by atoms with van der Waals surface area (Å²) in [4.78, 5) is 9.38. The molecular formula is C46H45BN2O3. The summed E-state index contributed by atoms with van der Waals surface area (Å²) in [6, 6.07) is 34.0. The van der Waals surface area contributed by atoms with E-state index in [0.29, 0.717) is 11.6 Å². The van der Waals surface area contributed by atoms with Crippen molar-refractivity contribution in [1.82, 2.24) is 9.97 Å². The minimum Gasteiger partial charge on any atom is -0.458 e. The van der Waals surface area contributed by atoms with Gasteiger partial charge in [0, 0.05) is 23.9 Å². The number of aromatic nitrogens is 2. The Bertz CT molecular complexity index is 2330. The van der Waals surface area contributed by atoms with E-state index in [2.05, 4.69) is 140 Å². The van der Waals surface area contributed by atoms with Crippen LogP contribution in [0.4, 0.5) is 0 Å². The Hall–Kier alpha value is -5.36. The molecule has 0 radical (unpaired) electrons. The van der Waals surface area contributed by atoms with Crippen LogP contribution in [0.2, 0.25) is 0 Å². The summed E-state index contributed by atoms with van der Waals surface area (Å²) < 4.78 is 19.8. The molecule has 52 heavy (non-hydrogen) atoms. The molecule has 0 atom stereocenters. The van der Waals surface area contributed by atoms with Crippen molar-refractivity contribution in [3.05, 3.63) is 126 Å². The van der Waals surface area contributed by atoms with E-state index in [9.17, 15) is 0 Å². The maximum Gasteiger partial charge on any atom is 0.260 e. The lowest BCUT2D eigenvalue weighted by Crippen LogP contribution is -2.57. The number of pyridine rings is 2. The fourth-order valence-electron chi connectivity index (χ4n) is 7.12. The second-order valence-corrected chi connectivity index (χ2v) is 17.2. The van der Waals surface area contributed by atoms with Gasteiger partial charge in [0.2, 0.25) is 5.88 Å². The Labute approximate surface area is 308 Å². The van der Waals surface area contributed by atoms with E-state index in [1.54, 1.807) is 0 Å². The first kappa shape index (κ1) is 33.8. The molecule has 6 heteroatoms. The minimum absolute atomic E-state index is 0.0223. The van der Waals surface area contributed by atoms with E-state index in [4.69, 9.17) is 19.2 Å². The first-order chi connectivity index (χ1) is 24.6. The summed E-state index contributed by atoms with van der Waals surface area (Å²) in [5.41, 5.74) is 11.0. The van der Waals surface area contributed by atoms with Crippen molar-refractivity contribution in [2.75, 3.05) is 0 Å². The number of nitrogens with zero attached hydrogens (tertiary/aromatic N) is 2. The van der Waals surface area contributed by atoms with Crippen LogP contribution in [0.25, 0.3) is 22.4 Å². The van der Waals surface area contributed by atoms with Crippen molar-refractivity contribution in [3.63, 3.8) is 0 Å². The molecule has 260 valence electrons. The second kappa shape index (κ2) is 12.1. The van der Waals surface area contributed by atoms with Crippen LogP contribution in [0.1, 0.15) is 79.0 Å². The largest absolute Gasteiger partial charge is 0.458 e. The number of rotatable bonds is 4. The van der Waals surface area contributed by atoms with Gasteiger partial charge in [0.25, 0.3) is 6.71 Å². The van der Waals surface area contributed by atoms with Gasteiger partial charge in [0.05, 0.1) is 5.69 Å². The van der Waals surface area contributed by atoms with Crippen LogP contribution in [0.15, 0.2) is 109 Å². The SMILES string of the molecule is CC(C)(C)c1ccc(-c2ccnc(-c3ccc4c(c3)B3c5cc(Oc6cc(C(C)(C)C)ccn6)ccc5Oc5cc(C(C)(C)C)cc(c53)O4)c2)cc1. The lowest BCUT2D eigenvalue weighted by atomic mass is 9.34. The van der Waals surface area contributed by atoms with Crippen molar-refractivity contribution in [1.29, 1.82) is 0 Å². The first-order valence-corrected chi connectivity index (χ1v) is 18.2. The van der Waals surface area contributed by atoms with Crippen molar-refractivity contribution in [2.24, 2.45) is 0 Å². The summed E-state index contributed by atoms with van der Waals surface area (Å²) in [7, 11) is 0. The molecule has 4 heterocycles. The Balaban J connectivity index is 1.22. The van der Waals surface area contributed by atoms with Gasteiger partial charge in [-0.05, 0) is 121 Å². The molecule has 2 aliphatic heterocycles. The van der Waals surface area contributed by atoms with Gasteiger partial charge in [-0.3, -0.25) is 4.98 Å². The van der Waals surface area contributed by atoms with Gasteiger partial charge < -0.3 is 14.2 Å². The zero-order chi connectivity index (χ0) is 36.6. The Morgan fingerprint density at radius 3 is 1.73 bits per heavy atom. The van der Waals surface area contributed by atoms with Crippen LogP contribution in [0, 0.1) is 0 Å². The summed E-state index contributed by atoms with van der Waals surface area (Å²) >= 11 is 0. The topological polar surface area (TPSA) is 53.5 Å². The molecule has 0 unspecified atom stereocenters. The average Bonchev–Trinajstić information content (AvgIpc) is 3.10. The predicted molar refractivity (Wildman–Crippen MR) is 213 cm³/mol. The molecule has 2 aliphatic rings. The maximum absolute atomic E-state index is 6.73. The highest BCUT2D eigenvalue weighted by Crippen LogP contribution is 2.40. The smallest absolute Gasteiger partial charge is 0.260 e. The molecule has 8 rings (SSSR count). The van der Waals surface area contributed by atoms with Gasteiger partial charge in [-0.2, -0.15) is 0 Å². The van der Waals surface area contributed by atoms with Crippen molar-refractivity contribution in [3.8, 4) is 57.0 Å². The Kier molecular flexibility index (Phi) is 7.87. The number of hydrogen-bond acceptors (Lipinski definition) is 5. The number of benzene rings is 4. The Morgan fingerprint density at radius 1 is 0.481 bits per heavy atom. The molecule has 0 amide bonds. The van der Waals surface area contributed by atoms with Crippen LogP contribution in [-0.4, -0.2) is 16.7 Å². The highest BCUT2D eigenvalue weighted by molar-refractivity contribution is 6.98. The lowest BCUT2D eigenvalue weighted by Gasteiger charge is -2.35. The lowest BCUT2D eigenvalue weighted by molar-refractivity contribution is 0.449. The molecule has 6 aromatic rings. The molecule has 0 bridgehead atoms. The van der Waals surface area contributed by atoms with E-state index >= 15 is 0 Å². The van der Waals surface area contributed by atoms with E-state index < -0.39 is 0 Å². The highest BCUT2D eigenvalue weighted by Gasteiger charge is 2.41. The predicted octanol–water partition coefficient (Wildman–Crippen LogP) is 10.2. The average molecular weight is 685 g/mol. The molecule has 2 aromatic heterocycles. The molecule has 4 aromatic carbocycles. The molecule has 0 N–H and O–H groups in total. The molecular weight excluding hydrogens is 639 g/mol. The summed E-state index contributed by atoms with van der Waals surface area (Å²) in [6.07, 6.45) is 3.71. The van der Waals surface area contributed by atoms with Gasteiger partial charge >= 0.3 is 0 Å². The molecule has 0 aliphatic carbocycles. The highest BCUT2D eigenvalue weighted by atomic mass is 16.5. The van der Waals surface area contributed by atoms with Crippen LogP contribution < -0.4 is 30.6 Å². The summed E-state index contributed by atoms with van der Waals surface area (Å²) in [6.45, 7) is 19.8. The quantitative estimate of drug-likeness (QED) is 0.173. The number of ether oxygens (including phenoxy) is 3. The van der Waals surface area contributed by atoms with Crippen LogP contribution in [0.5, 0.6) is 34.6 Å². The molecule has 0 saturated heterocycles. The first-order valence-electron chi connectivity index (χ1n) is 18.2. The molecule has 0 fully saturated rings.